The van der Waals surface area contributed by atoms with Crippen molar-refractivity contribution in [2.75, 3.05) is 25.0 Å². The van der Waals surface area contributed by atoms with Crippen molar-refractivity contribution in [1.82, 2.24) is 4.90 Å². The van der Waals surface area contributed by atoms with E-state index in [1.54, 1.807) is 0 Å². The first-order valence-electron chi connectivity index (χ1n) is 8.41. The summed E-state index contributed by atoms with van der Waals surface area (Å²) in [5.74, 6) is 0. The van der Waals surface area contributed by atoms with E-state index in [0.717, 1.165) is 13.1 Å². The third-order valence-electron chi connectivity index (χ3n) is 4.17. The van der Waals surface area contributed by atoms with E-state index in [-0.39, 0.29) is 0 Å². The molecule has 2 rings (SSSR count). The summed E-state index contributed by atoms with van der Waals surface area (Å²) in [6.45, 7) is 9.29. The third kappa shape index (κ3) is 4.52. The van der Waals surface area contributed by atoms with Crippen LogP contribution in [0.2, 0.25) is 0 Å². The summed E-state index contributed by atoms with van der Waals surface area (Å²) in [5.41, 5.74) is 4.35. The lowest BCUT2D eigenvalue weighted by molar-refractivity contribution is 0.257. The van der Waals surface area contributed by atoms with Crippen LogP contribution in [0.15, 0.2) is 18.2 Å². The fraction of sp³-hybridized carbons (Fsp3) is 0.667. The molecule has 2 nitrogen and oxygen atoms in total. The maximum atomic E-state index is 3.50. The second kappa shape index (κ2) is 8.31. The highest BCUT2D eigenvalue weighted by molar-refractivity contribution is 5.54. The predicted molar refractivity (Wildman–Crippen MR) is 88.3 cm³/mol. The molecule has 1 aromatic carbocycles. The van der Waals surface area contributed by atoms with Crippen molar-refractivity contribution in [3.63, 3.8) is 0 Å². The van der Waals surface area contributed by atoms with Crippen LogP contribution >= 0.6 is 0 Å². The van der Waals surface area contributed by atoms with E-state index in [0.29, 0.717) is 0 Å². The Balaban J connectivity index is 1.97. The predicted octanol–water partition coefficient (Wildman–Crippen LogP) is 4.45. The molecule has 0 bridgehead atoms. The highest BCUT2D eigenvalue weighted by Crippen LogP contribution is 2.23. The zero-order valence-corrected chi connectivity index (χ0v) is 13.3. The first-order valence-corrected chi connectivity index (χ1v) is 8.41. The van der Waals surface area contributed by atoms with Crippen molar-refractivity contribution in [2.24, 2.45) is 0 Å². The number of hydrogen-bond donors (Lipinski definition) is 1. The van der Waals surface area contributed by atoms with Gasteiger partial charge in [-0.1, -0.05) is 38.8 Å². The molecule has 0 fully saturated rings. The lowest BCUT2D eigenvalue weighted by Gasteiger charge is -2.24. The molecule has 0 saturated heterocycles. The van der Waals surface area contributed by atoms with Gasteiger partial charge in [0.25, 0.3) is 0 Å². The van der Waals surface area contributed by atoms with Gasteiger partial charge in [0, 0.05) is 18.8 Å². The first kappa shape index (κ1) is 15.4. The van der Waals surface area contributed by atoms with Crippen molar-refractivity contribution in [1.29, 1.82) is 0 Å². The zero-order valence-electron chi connectivity index (χ0n) is 13.3. The molecule has 0 unspecified atom stereocenters. The summed E-state index contributed by atoms with van der Waals surface area (Å²) < 4.78 is 0. The Morgan fingerprint density at radius 1 is 1.10 bits per heavy atom. The molecule has 1 heterocycles. The summed E-state index contributed by atoms with van der Waals surface area (Å²) in [6.07, 6.45) is 7.71. The minimum absolute atomic E-state index is 1.12. The molecule has 0 aliphatic carbocycles. The van der Waals surface area contributed by atoms with Crippen LogP contribution in [0.25, 0.3) is 0 Å². The van der Waals surface area contributed by atoms with Crippen molar-refractivity contribution >= 4 is 5.69 Å². The maximum Gasteiger partial charge on any atom is 0.0372 e. The summed E-state index contributed by atoms with van der Waals surface area (Å²) in [5, 5.41) is 3.50. The van der Waals surface area contributed by atoms with Gasteiger partial charge in [0.15, 0.2) is 0 Å². The van der Waals surface area contributed by atoms with E-state index in [2.05, 4.69) is 42.3 Å². The van der Waals surface area contributed by atoms with Gasteiger partial charge in [0.05, 0.1) is 0 Å². The van der Waals surface area contributed by atoms with Gasteiger partial charge in [0.1, 0.15) is 0 Å². The summed E-state index contributed by atoms with van der Waals surface area (Å²) in [4.78, 5) is 2.63. The van der Waals surface area contributed by atoms with Crippen LogP contribution in [0.4, 0.5) is 5.69 Å². The van der Waals surface area contributed by atoms with E-state index in [1.807, 2.05) is 0 Å². The minimum atomic E-state index is 1.12. The number of aryl methyl sites for hydroxylation is 1. The van der Waals surface area contributed by atoms with E-state index >= 15 is 0 Å². The second-order valence-corrected chi connectivity index (χ2v) is 6.01. The minimum Gasteiger partial charge on any atom is -0.385 e. The Bertz CT molecular complexity index is 392. The third-order valence-corrected chi connectivity index (χ3v) is 4.17. The van der Waals surface area contributed by atoms with Gasteiger partial charge in [-0.2, -0.15) is 0 Å². The molecule has 1 aliphatic rings. The maximum absolute atomic E-state index is 3.50. The summed E-state index contributed by atoms with van der Waals surface area (Å²) in [7, 11) is 0. The molecule has 1 aromatic rings. The van der Waals surface area contributed by atoms with Gasteiger partial charge in [-0.15, -0.1) is 0 Å². The molecular formula is C18H30N2. The number of nitrogens with one attached hydrogen (secondary N) is 1. The smallest absolute Gasteiger partial charge is 0.0372 e. The number of fused-ring (bicyclic) bond motifs is 1. The monoisotopic (exact) mass is 274 g/mol. The molecular weight excluding hydrogens is 244 g/mol. The molecule has 0 radical (unpaired) electrons. The zero-order chi connectivity index (χ0) is 14.2. The average molecular weight is 274 g/mol. The van der Waals surface area contributed by atoms with Gasteiger partial charge in [0.2, 0.25) is 0 Å². The van der Waals surface area contributed by atoms with Gasteiger partial charge < -0.3 is 5.32 Å². The van der Waals surface area contributed by atoms with Crippen molar-refractivity contribution in [2.45, 2.75) is 58.9 Å². The molecule has 0 amide bonds. The van der Waals surface area contributed by atoms with Crippen LogP contribution in [0.3, 0.4) is 0 Å². The van der Waals surface area contributed by atoms with Gasteiger partial charge in [-0.05, 0) is 56.0 Å². The highest BCUT2D eigenvalue weighted by atomic mass is 15.1. The molecule has 2 heteroatoms. The van der Waals surface area contributed by atoms with Gasteiger partial charge >= 0.3 is 0 Å². The SMILES string of the molecule is CCCCN(CCCC)Cc1ccc2c(c1)CCCN2. The number of unbranched alkanes of at least 4 members (excludes halogenated alkanes) is 2. The van der Waals surface area contributed by atoms with Crippen molar-refractivity contribution in [3.05, 3.63) is 29.3 Å². The van der Waals surface area contributed by atoms with Crippen molar-refractivity contribution < 1.29 is 0 Å². The van der Waals surface area contributed by atoms with E-state index in [9.17, 15) is 0 Å². The molecule has 1 aliphatic heterocycles. The standard InChI is InChI=1S/C18H30N2/c1-3-5-12-20(13-6-4-2)15-16-9-10-18-17(14-16)8-7-11-19-18/h9-10,14,19H,3-8,11-13,15H2,1-2H3. The second-order valence-electron chi connectivity index (χ2n) is 6.01. The van der Waals surface area contributed by atoms with Crippen molar-refractivity contribution in [3.8, 4) is 0 Å². The number of benzene rings is 1. The van der Waals surface area contributed by atoms with Crippen LogP contribution < -0.4 is 5.32 Å². The average Bonchev–Trinajstić information content (AvgIpc) is 2.50. The van der Waals surface area contributed by atoms with Gasteiger partial charge in [-0.25, -0.2) is 0 Å². The number of anilines is 1. The molecule has 20 heavy (non-hydrogen) atoms. The molecule has 0 saturated carbocycles. The van der Waals surface area contributed by atoms with Crippen LogP contribution in [0.1, 0.15) is 57.1 Å². The fourth-order valence-electron chi connectivity index (χ4n) is 2.92. The van der Waals surface area contributed by atoms with E-state index in [1.165, 1.54) is 68.4 Å². The number of nitrogens with zero attached hydrogens (tertiary/aromatic N) is 1. The lowest BCUT2D eigenvalue weighted by Crippen LogP contribution is -2.25. The van der Waals surface area contributed by atoms with Gasteiger partial charge in [-0.3, -0.25) is 4.90 Å². The molecule has 0 atom stereocenters. The highest BCUT2D eigenvalue weighted by Gasteiger charge is 2.10. The fourth-order valence-corrected chi connectivity index (χ4v) is 2.92. The first-order chi connectivity index (χ1) is 9.83. The van der Waals surface area contributed by atoms with E-state index in [4.69, 9.17) is 0 Å². The Kier molecular flexibility index (Phi) is 6.38. The Morgan fingerprint density at radius 3 is 2.55 bits per heavy atom. The molecule has 1 N–H and O–H groups in total. The molecule has 0 spiro atoms. The Labute approximate surface area is 124 Å². The molecule has 112 valence electrons. The quantitative estimate of drug-likeness (QED) is 0.753. The lowest BCUT2D eigenvalue weighted by atomic mass is 10.0. The largest absolute Gasteiger partial charge is 0.385 e. The Hall–Kier alpha value is -1.02. The van der Waals surface area contributed by atoms with Crippen LogP contribution in [-0.4, -0.2) is 24.5 Å². The topological polar surface area (TPSA) is 15.3 Å². The van der Waals surface area contributed by atoms with E-state index < -0.39 is 0 Å². The summed E-state index contributed by atoms with van der Waals surface area (Å²) in [6, 6.07) is 7.01. The Morgan fingerprint density at radius 2 is 1.85 bits per heavy atom. The van der Waals surface area contributed by atoms with Crippen LogP contribution in [-0.2, 0) is 13.0 Å². The number of hydrogen-bond acceptors (Lipinski definition) is 2. The van der Waals surface area contributed by atoms with Crippen LogP contribution in [0.5, 0.6) is 0 Å². The number of rotatable bonds is 8. The molecule has 0 aromatic heterocycles. The normalized spacial score (nSPS) is 14.2. The van der Waals surface area contributed by atoms with Crippen LogP contribution in [0, 0.1) is 0 Å². The summed E-state index contributed by atoms with van der Waals surface area (Å²) >= 11 is 0.